The highest BCUT2D eigenvalue weighted by atomic mass is 19.4. The first kappa shape index (κ1) is 20.4. The highest BCUT2D eigenvalue weighted by molar-refractivity contribution is 5.88. The molecule has 1 aromatic carbocycles. The van der Waals surface area contributed by atoms with Gasteiger partial charge in [-0.2, -0.15) is 18.2 Å². The SMILES string of the molecule is O=C(N1CCN(c2ccc(Nc3nc(=O)n(O)c4ncccc34)cc2)CC1)C(F)(F)F. The first-order valence-corrected chi connectivity index (χ1v) is 9.29. The van der Waals surface area contributed by atoms with Gasteiger partial charge in [0.15, 0.2) is 5.65 Å². The van der Waals surface area contributed by atoms with Crippen LogP contribution in [0.3, 0.4) is 0 Å². The number of aromatic nitrogens is 3. The van der Waals surface area contributed by atoms with Gasteiger partial charge in [0.2, 0.25) is 0 Å². The Balaban J connectivity index is 1.47. The molecule has 31 heavy (non-hydrogen) atoms. The summed E-state index contributed by atoms with van der Waals surface area (Å²) in [5.74, 6) is -1.59. The van der Waals surface area contributed by atoms with Gasteiger partial charge in [-0.15, -0.1) is 4.73 Å². The van der Waals surface area contributed by atoms with Crippen LogP contribution in [0.5, 0.6) is 0 Å². The Hall–Kier alpha value is -3.83. The van der Waals surface area contributed by atoms with Gasteiger partial charge in [0, 0.05) is 43.8 Å². The molecule has 162 valence electrons. The second-order valence-corrected chi connectivity index (χ2v) is 6.88. The van der Waals surface area contributed by atoms with Crippen LogP contribution in [0.1, 0.15) is 0 Å². The second-order valence-electron chi connectivity index (χ2n) is 6.88. The third kappa shape index (κ3) is 4.09. The van der Waals surface area contributed by atoms with Crippen LogP contribution in [0.2, 0.25) is 0 Å². The molecule has 0 unspecified atom stereocenters. The zero-order chi connectivity index (χ0) is 22.2. The van der Waals surface area contributed by atoms with Crippen molar-refractivity contribution in [1.82, 2.24) is 19.6 Å². The summed E-state index contributed by atoms with van der Waals surface area (Å²) in [6, 6.07) is 10.3. The van der Waals surface area contributed by atoms with E-state index in [2.05, 4.69) is 15.3 Å². The van der Waals surface area contributed by atoms with Crippen LogP contribution in [0.15, 0.2) is 47.4 Å². The monoisotopic (exact) mass is 434 g/mol. The maximum absolute atomic E-state index is 12.6. The van der Waals surface area contributed by atoms with Crippen LogP contribution in [0.25, 0.3) is 11.0 Å². The summed E-state index contributed by atoms with van der Waals surface area (Å²) in [6.07, 6.45) is -3.42. The van der Waals surface area contributed by atoms with Crippen molar-refractivity contribution in [3.63, 3.8) is 0 Å². The molecule has 1 amide bonds. The molecule has 0 aliphatic carbocycles. The van der Waals surface area contributed by atoms with E-state index in [1.807, 2.05) is 4.90 Å². The summed E-state index contributed by atoms with van der Waals surface area (Å²) in [5, 5.41) is 13.2. The Labute approximate surface area is 173 Å². The molecule has 9 nitrogen and oxygen atoms in total. The molecule has 2 aromatic heterocycles. The molecule has 1 aliphatic rings. The predicted molar refractivity (Wildman–Crippen MR) is 106 cm³/mol. The van der Waals surface area contributed by atoms with Gasteiger partial charge in [0.1, 0.15) is 5.82 Å². The van der Waals surface area contributed by atoms with Crippen LogP contribution < -0.4 is 15.9 Å². The number of piperazine rings is 1. The molecule has 0 radical (unpaired) electrons. The third-order valence-electron chi connectivity index (χ3n) is 4.94. The molecule has 0 saturated carbocycles. The molecule has 0 atom stereocenters. The molecule has 0 bridgehead atoms. The number of hydrogen-bond donors (Lipinski definition) is 2. The average molecular weight is 434 g/mol. The smallest absolute Gasteiger partial charge is 0.422 e. The average Bonchev–Trinajstić information content (AvgIpc) is 2.77. The standard InChI is InChI=1S/C19H17F3N6O3/c20-19(21,22)17(29)27-10-8-26(9-11-27)13-5-3-12(4-6-13)24-15-14-2-1-7-23-16(14)28(31)18(30)25-15/h1-7,31H,8-11H2,(H,24,25,30). The molecule has 0 spiro atoms. The van der Waals surface area contributed by atoms with Gasteiger partial charge >= 0.3 is 17.8 Å². The summed E-state index contributed by atoms with van der Waals surface area (Å²) in [6.45, 7) is 0.528. The normalized spacial score (nSPS) is 14.7. The molecular formula is C19H17F3N6O3. The molecule has 2 N–H and O–H groups in total. The number of hydrogen-bond acceptors (Lipinski definition) is 7. The van der Waals surface area contributed by atoms with Crippen molar-refractivity contribution in [2.75, 3.05) is 36.4 Å². The van der Waals surface area contributed by atoms with Gasteiger partial charge in [-0.25, -0.2) is 9.78 Å². The Bertz CT molecular complexity index is 1170. The lowest BCUT2D eigenvalue weighted by atomic mass is 10.2. The van der Waals surface area contributed by atoms with Gasteiger partial charge < -0.3 is 20.3 Å². The minimum Gasteiger partial charge on any atom is -0.422 e. The summed E-state index contributed by atoms with van der Waals surface area (Å²) in [4.78, 5) is 33.7. The highest BCUT2D eigenvalue weighted by Crippen LogP contribution is 2.25. The van der Waals surface area contributed by atoms with Crippen molar-refractivity contribution in [1.29, 1.82) is 0 Å². The quantitative estimate of drug-likeness (QED) is 0.608. The molecule has 1 aliphatic heterocycles. The number of benzene rings is 1. The Morgan fingerprint density at radius 1 is 1.06 bits per heavy atom. The molecule has 4 rings (SSSR count). The van der Waals surface area contributed by atoms with Crippen molar-refractivity contribution in [2.24, 2.45) is 0 Å². The maximum Gasteiger partial charge on any atom is 0.471 e. The number of rotatable bonds is 3. The van der Waals surface area contributed by atoms with E-state index in [-0.39, 0.29) is 37.6 Å². The fourth-order valence-electron chi connectivity index (χ4n) is 3.38. The van der Waals surface area contributed by atoms with Gasteiger partial charge in [0.05, 0.1) is 5.39 Å². The van der Waals surface area contributed by atoms with E-state index in [0.29, 0.717) is 15.8 Å². The van der Waals surface area contributed by atoms with Crippen LogP contribution in [-0.2, 0) is 4.79 Å². The van der Waals surface area contributed by atoms with Crippen molar-refractivity contribution in [3.8, 4) is 0 Å². The molecule has 3 aromatic rings. The van der Waals surface area contributed by atoms with E-state index in [9.17, 15) is 28.0 Å². The zero-order valence-corrected chi connectivity index (χ0v) is 16.0. The zero-order valence-electron chi connectivity index (χ0n) is 16.0. The van der Waals surface area contributed by atoms with Crippen LogP contribution in [-0.4, -0.2) is 63.1 Å². The minimum atomic E-state index is -4.86. The van der Waals surface area contributed by atoms with Crippen molar-refractivity contribution in [3.05, 3.63) is 53.1 Å². The first-order chi connectivity index (χ1) is 14.7. The number of alkyl halides is 3. The van der Waals surface area contributed by atoms with E-state index in [1.165, 1.54) is 6.20 Å². The number of fused-ring (bicyclic) bond motifs is 1. The Kier molecular flexibility index (Phi) is 5.13. The molecule has 12 heteroatoms. The van der Waals surface area contributed by atoms with E-state index >= 15 is 0 Å². The minimum absolute atomic E-state index is 0.0152. The number of nitrogens with zero attached hydrogens (tertiary/aromatic N) is 5. The topological polar surface area (TPSA) is 104 Å². The molecule has 3 heterocycles. The highest BCUT2D eigenvalue weighted by Gasteiger charge is 2.43. The number of anilines is 3. The van der Waals surface area contributed by atoms with Crippen LogP contribution >= 0.6 is 0 Å². The van der Waals surface area contributed by atoms with Crippen LogP contribution in [0, 0.1) is 0 Å². The second kappa shape index (κ2) is 7.78. The maximum atomic E-state index is 12.6. The van der Waals surface area contributed by atoms with Gasteiger partial charge in [-0.05, 0) is 36.4 Å². The van der Waals surface area contributed by atoms with Gasteiger partial charge in [-0.3, -0.25) is 4.79 Å². The summed E-state index contributed by atoms with van der Waals surface area (Å²) >= 11 is 0. The Morgan fingerprint density at radius 2 is 1.74 bits per heavy atom. The first-order valence-electron chi connectivity index (χ1n) is 9.29. The number of nitrogens with one attached hydrogen (secondary N) is 1. The number of carbonyl (C=O) groups is 1. The Morgan fingerprint density at radius 3 is 2.39 bits per heavy atom. The van der Waals surface area contributed by atoms with E-state index in [4.69, 9.17) is 0 Å². The largest absolute Gasteiger partial charge is 0.471 e. The number of pyridine rings is 1. The molecular weight excluding hydrogens is 417 g/mol. The summed E-state index contributed by atoms with van der Waals surface area (Å²) in [5.41, 5.74) is 0.585. The van der Waals surface area contributed by atoms with E-state index < -0.39 is 17.8 Å². The summed E-state index contributed by atoms with van der Waals surface area (Å²) < 4.78 is 38.1. The fraction of sp³-hybridized carbons (Fsp3) is 0.263. The van der Waals surface area contributed by atoms with Crippen molar-refractivity contribution in [2.45, 2.75) is 6.18 Å². The lowest BCUT2D eigenvalue weighted by Crippen LogP contribution is -2.52. The van der Waals surface area contributed by atoms with Gasteiger partial charge in [-0.1, -0.05) is 0 Å². The number of halogens is 3. The predicted octanol–water partition coefficient (Wildman–Crippen LogP) is 1.98. The molecule has 1 saturated heterocycles. The van der Waals surface area contributed by atoms with Crippen molar-refractivity contribution < 1.29 is 23.2 Å². The van der Waals surface area contributed by atoms with Crippen LogP contribution in [0.4, 0.5) is 30.4 Å². The number of amides is 1. The van der Waals surface area contributed by atoms with E-state index in [0.717, 1.165) is 10.6 Å². The lowest BCUT2D eigenvalue weighted by molar-refractivity contribution is -0.185. The summed E-state index contributed by atoms with van der Waals surface area (Å²) in [7, 11) is 0. The number of carbonyl (C=O) groups excluding carboxylic acids is 1. The van der Waals surface area contributed by atoms with Crippen molar-refractivity contribution >= 4 is 34.1 Å². The fourth-order valence-corrected chi connectivity index (χ4v) is 3.38. The molecule has 1 fully saturated rings. The van der Waals surface area contributed by atoms with Gasteiger partial charge in [0.25, 0.3) is 0 Å². The third-order valence-corrected chi connectivity index (χ3v) is 4.94. The lowest BCUT2D eigenvalue weighted by Gasteiger charge is -2.36. The van der Waals surface area contributed by atoms with E-state index in [1.54, 1.807) is 36.4 Å².